The van der Waals surface area contributed by atoms with Crippen LogP contribution in [0.25, 0.3) is 0 Å². The molecule has 0 radical (unpaired) electrons. The molecule has 20 heavy (non-hydrogen) atoms. The van der Waals surface area contributed by atoms with Crippen LogP contribution in [-0.2, 0) is 0 Å². The number of hydrogen-bond donors (Lipinski definition) is 0. The van der Waals surface area contributed by atoms with E-state index in [9.17, 15) is 19.3 Å². The number of hydrogen-bond acceptors (Lipinski definition) is 3. The summed E-state index contributed by atoms with van der Waals surface area (Å²) in [6, 6.07) is 2.93. The summed E-state index contributed by atoms with van der Waals surface area (Å²) in [5.74, 6) is -0.788. The fourth-order valence-electron chi connectivity index (χ4n) is 2.44. The molecule has 5 nitrogen and oxygen atoms in total. The lowest BCUT2D eigenvalue weighted by Gasteiger charge is -2.25. The van der Waals surface area contributed by atoms with Gasteiger partial charge in [0, 0.05) is 24.5 Å². The third kappa shape index (κ3) is 2.60. The number of likely N-dealkylation sites (tertiary alicyclic amines) is 1. The van der Waals surface area contributed by atoms with Crippen LogP contribution in [0.2, 0.25) is 0 Å². The van der Waals surface area contributed by atoms with Gasteiger partial charge in [-0.3, -0.25) is 14.9 Å². The van der Waals surface area contributed by atoms with E-state index in [1.54, 1.807) is 4.90 Å². The fraction of sp³-hybridized carbons (Fsp3) is 0.462. The number of amides is 1. The summed E-state index contributed by atoms with van der Waals surface area (Å²) >= 11 is 5.86. The maximum Gasteiger partial charge on any atom is 0.272 e. The number of nitrogens with zero attached hydrogens (tertiary/aromatic N) is 2. The van der Waals surface area contributed by atoms with E-state index in [4.69, 9.17) is 11.6 Å². The van der Waals surface area contributed by atoms with Gasteiger partial charge in [0.15, 0.2) is 0 Å². The van der Waals surface area contributed by atoms with Gasteiger partial charge in [-0.05, 0) is 18.4 Å². The van der Waals surface area contributed by atoms with E-state index in [0.717, 1.165) is 24.6 Å². The molecule has 2 atom stereocenters. The first-order valence-electron chi connectivity index (χ1n) is 6.26. The van der Waals surface area contributed by atoms with Crippen molar-refractivity contribution in [2.75, 3.05) is 12.4 Å². The predicted molar refractivity (Wildman–Crippen MR) is 72.4 cm³/mol. The van der Waals surface area contributed by atoms with E-state index < -0.39 is 16.6 Å². The van der Waals surface area contributed by atoms with Crippen LogP contribution in [0.5, 0.6) is 0 Å². The van der Waals surface area contributed by atoms with E-state index in [0.29, 0.717) is 12.4 Å². The molecule has 0 spiro atoms. The molecule has 0 aliphatic carbocycles. The average Bonchev–Trinajstić information content (AvgIpc) is 2.78. The molecule has 2 rings (SSSR count). The molecule has 1 saturated heterocycles. The Morgan fingerprint density at radius 1 is 1.60 bits per heavy atom. The van der Waals surface area contributed by atoms with Crippen LogP contribution in [0.1, 0.15) is 23.7 Å². The molecule has 0 bridgehead atoms. The van der Waals surface area contributed by atoms with Crippen molar-refractivity contribution in [3.05, 3.63) is 39.7 Å². The van der Waals surface area contributed by atoms with Gasteiger partial charge in [-0.2, -0.15) is 0 Å². The standard InChI is InChI=1S/C13H14ClFN2O3/c1-8-4-5-16(12(8)7-14)13(18)10-3-2-9(17(19)20)6-11(10)15/h2-3,6,8,12H,4-5,7H2,1H3. The summed E-state index contributed by atoms with van der Waals surface area (Å²) in [5.41, 5.74) is -0.525. The molecular weight excluding hydrogens is 287 g/mol. The third-order valence-corrected chi connectivity index (χ3v) is 4.01. The molecule has 7 heteroatoms. The lowest BCUT2D eigenvalue weighted by atomic mass is 10.0. The first kappa shape index (κ1) is 14.7. The Labute approximate surface area is 120 Å². The van der Waals surface area contributed by atoms with Crippen molar-refractivity contribution in [2.24, 2.45) is 5.92 Å². The Morgan fingerprint density at radius 3 is 2.85 bits per heavy atom. The van der Waals surface area contributed by atoms with E-state index in [2.05, 4.69) is 0 Å². The number of nitro groups is 1. The Hall–Kier alpha value is -1.69. The monoisotopic (exact) mass is 300 g/mol. The van der Waals surface area contributed by atoms with Crippen LogP contribution < -0.4 is 0 Å². The van der Waals surface area contributed by atoms with Crippen LogP contribution in [0.3, 0.4) is 0 Å². The summed E-state index contributed by atoms with van der Waals surface area (Å²) in [5, 5.41) is 10.6. The van der Waals surface area contributed by atoms with Crippen molar-refractivity contribution in [1.82, 2.24) is 4.90 Å². The second kappa shape index (κ2) is 5.75. The number of carbonyl (C=O) groups is 1. The second-order valence-electron chi connectivity index (χ2n) is 4.91. The number of non-ortho nitro benzene ring substituents is 1. The molecular formula is C13H14ClFN2O3. The van der Waals surface area contributed by atoms with Crippen molar-refractivity contribution < 1.29 is 14.1 Å². The number of rotatable bonds is 3. The maximum atomic E-state index is 13.9. The maximum absolute atomic E-state index is 13.9. The van der Waals surface area contributed by atoms with E-state index >= 15 is 0 Å². The Kier molecular flexibility index (Phi) is 4.23. The zero-order valence-electron chi connectivity index (χ0n) is 10.9. The number of alkyl halides is 1. The predicted octanol–water partition coefficient (Wildman–Crippen LogP) is 2.82. The van der Waals surface area contributed by atoms with Crippen LogP contribution in [0.4, 0.5) is 10.1 Å². The molecule has 1 aliphatic heterocycles. The molecule has 1 fully saturated rings. The Morgan fingerprint density at radius 2 is 2.30 bits per heavy atom. The number of benzene rings is 1. The molecule has 0 aromatic heterocycles. The van der Waals surface area contributed by atoms with Crippen molar-refractivity contribution >= 4 is 23.2 Å². The summed E-state index contributed by atoms with van der Waals surface area (Å²) in [4.78, 5) is 23.7. The minimum Gasteiger partial charge on any atom is -0.334 e. The molecule has 1 amide bonds. The minimum atomic E-state index is -0.878. The van der Waals surface area contributed by atoms with Gasteiger partial charge in [-0.25, -0.2) is 4.39 Å². The molecule has 0 N–H and O–H groups in total. The summed E-state index contributed by atoms with van der Waals surface area (Å²) in [6.45, 7) is 2.51. The van der Waals surface area contributed by atoms with Crippen LogP contribution in [-0.4, -0.2) is 34.2 Å². The highest BCUT2D eigenvalue weighted by molar-refractivity contribution is 6.18. The summed E-state index contributed by atoms with van der Waals surface area (Å²) in [7, 11) is 0. The van der Waals surface area contributed by atoms with Gasteiger partial charge in [0.2, 0.25) is 0 Å². The molecule has 1 aromatic carbocycles. The van der Waals surface area contributed by atoms with Crippen molar-refractivity contribution in [3.8, 4) is 0 Å². The second-order valence-corrected chi connectivity index (χ2v) is 5.22. The minimum absolute atomic E-state index is 0.126. The lowest BCUT2D eigenvalue weighted by molar-refractivity contribution is -0.385. The fourth-order valence-corrected chi connectivity index (χ4v) is 2.91. The number of carbonyl (C=O) groups excluding carboxylic acids is 1. The normalized spacial score (nSPS) is 22.1. The Balaban J connectivity index is 2.28. The van der Waals surface area contributed by atoms with Gasteiger partial charge >= 0.3 is 0 Å². The highest BCUT2D eigenvalue weighted by Gasteiger charge is 2.35. The smallest absolute Gasteiger partial charge is 0.272 e. The largest absolute Gasteiger partial charge is 0.334 e. The van der Waals surface area contributed by atoms with Crippen molar-refractivity contribution in [3.63, 3.8) is 0 Å². The van der Waals surface area contributed by atoms with Crippen molar-refractivity contribution in [1.29, 1.82) is 0 Å². The van der Waals surface area contributed by atoms with Crippen molar-refractivity contribution in [2.45, 2.75) is 19.4 Å². The quantitative estimate of drug-likeness (QED) is 0.490. The Bertz CT molecular complexity index is 552. The molecule has 1 aliphatic rings. The molecule has 0 saturated carbocycles. The topological polar surface area (TPSA) is 63.5 Å². The number of halogens is 2. The highest BCUT2D eigenvalue weighted by Crippen LogP contribution is 2.27. The van der Waals surface area contributed by atoms with Crippen LogP contribution in [0, 0.1) is 21.8 Å². The SMILES string of the molecule is CC1CCN(C(=O)c2ccc([N+](=O)[O-])cc2F)C1CCl. The lowest BCUT2D eigenvalue weighted by Crippen LogP contribution is -2.39. The van der Waals surface area contributed by atoms with Gasteiger partial charge in [0.25, 0.3) is 11.6 Å². The van der Waals surface area contributed by atoms with E-state index in [-0.39, 0.29) is 23.2 Å². The first-order chi connectivity index (χ1) is 9.45. The zero-order valence-corrected chi connectivity index (χ0v) is 11.6. The van der Waals surface area contributed by atoms with Gasteiger partial charge < -0.3 is 4.90 Å². The van der Waals surface area contributed by atoms with Gasteiger partial charge in [0.1, 0.15) is 5.82 Å². The summed E-state index contributed by atoms with van der Waals surface area (Å²) in [6.07, 6.45) is 0.817. The van der Waals surface area contributed by atoms with Crippen LogP contribution in [0.15, 0.2) is 18.2 Å². The van der Waals surface area contributed by atoms with Crippen LogP contribution >= 0.6 is 11.6 Å². The first-order valence-corrected chi connectivity index (χ1v) is 6.80. The summed E-state index contributed by atoms with van der Waals surface area (Å²) < 4.78 is 13.9. The third-order valence-electron chi connectivity index (χ3n) is 3.70. The van der Waals surface area contributed by atoms with E-state index in [1.165, 1.54) is 0 Å². The average molecular weight is 301 g/mol. The van der Waals surface area contributed by atoms with E-state index in [1.807, 2.05) is 6.92 Å². The highest BCUT2D eigenvalue weighted by atomic mass is 35.5. The molecule has 108 valence electrons. The zero-order chi connectivity index (χ0) is 14.9. The molecule has 1 aromatic rings. The molecule has 1 heterocycles. The molecule has 2 unspecified atom stereocenters. The van der Waals surface area contributed by atoms with Gasteiger partial charge in [-0.15, -0.1) is 11.6 Å². The van der Waals surface area contributed by atoms with Gasteiger partial charge in [-0.1, -0.05) is 6.92 Å². The van der Waals surface area contributed by atoms with Gasteiger partial charge in [0.05, 0.1) is 16.6 Å². The number of nitro benzene ring substituents is 1.